The molecule has 0 aliphatic rings. The molecule has 2 aromatic rings. The van der Waals surface area contributed by atoms with Gasteiger partial charge in [-0.1, -0.05) is 12.1 Å². The van der Waals surface area contributed by atoms with Crippen LogP contribution in [0, 0.1) is 0 Å². The Kier molecular flexibility index (Phi) is 5.76. The van der Waals surface area contributed by atoms with E-state index in [4.69, 9.17) is 0 Å². The van der Waals surface area contributed by atoms with Crippen molar-refractivity contribution < 1.29 is 0 Å². The normalized spacial score (nSPS) is 12.6. The van der Waals surface area contributed by atoms with Gasteiger partial charge in [0.1, 0.15) is 0 Å². The first kappa shape index (κ1) is 14.1. The number of hydrogen-bond donors (Lipinski definition) is 1. The number of benzene rings is 1. The molecule has 0 saturated heterocycles. The molecular weight excluding hydrogens is 326 g/mol. The average molecular weight is 342 g/mol. The van der Waals surface area contributed by atoms with Crippen molar-refractivity contribution >= 4 is 39.0 Å². The lowest BCUT2D eigenvalue weighted by Crippen LogP contribution is -2.29. The van der Waals surface area contributed by atoms with Gasteiger partial charge in [-0.05, 0) is 63.9 Å². The second kappa shape index (κ2) is 7.34. The van der Waals surface area contributed by atoms with Crippen molar-refractivity contribution in [2.24, 2.45) is 0 Å². The molecule has 0 saturated carbocycles. The van der Waals surface area contributed by atoms with E-state index in [0.717, 1.165) is 12.2 Å². The second-order valence-electron chi connectivity index (χ2n) is 4.06. The van der Waals surface area contributed by atoms with Gasteiger partial charge in [-0.3, -0.25) is 0 Å². The van der Waals surface area contributed by atoms with Crippen LogP contribution in [0.2, 0.25) is 0 Å². The Bertz CT molecular complexity index is 470. The van der Waals surface area contributed by atoms with Gasteiger partial charge in [-0.15, -0.1) is 11.8 Å². The predicted octanol–water partition coefficient (Wildman–Crippen LogP) is 4.43. The third-order valence-electron chi connectivity index (χ3n) is 2.75. The molecule has 0 radical (unpaired) electrons. The van der Waals surface area contributed by atoms with E-state index < -0.39 is 0 Å². The first-order valence-corrected chi connectivity index (χ1v) is 8.57. The summed E-state index contributed by atoms with van der Waals surface area (Å²) >= 11 is 7.25. The van der Waals surface area contributed by atoms with Gasteiger partial charge < -0.3 is 5.32 Å². The third kappa shape index (κ3) is 4.12. The molecule has 0 spiro atoms. The maximum absolute atomic E-state index is 3.59. The van der Waals surface area contributed by atoms with Crippen molar-refractivity contribution in [2.45, 2.75) is 17.4 Å². The summed E-state index contributed by atoms with van der Waals surface area (Å²) in [7, 11) is 2.04. The summed E-state index contributed by atoms with van der Waals surface area (Å²) in [6, 6.07) is 11.1. The molecule has 1 aromatic carbocycles. The fourth-order valence-electron chi connectivity index (χ4n) is 1.69. The Morgan fingerprint density at radius 2 is 2.17 bits per heavy atom. The van der Waals surface area contributed by atoms with Crippen molar-refractivity contribution in [3.05, 3.63) is 51.1 Å². The number of thiophene rings is 1. The molecule has 18 heavy (non-hydrogen) atoms. The third-order valence-corrected chi connectivity index (χ3v) is 5.67. The van der Waals surface area contributed by atoms with Crippen LogP contribution in [0.1, 0.15) is 5.56 Å². The van der Waals surface area contributed by atoms with Crippen molar-refractivity contribution in [1.82, 2.24) is 5.32 Å². The molecule has 0 bridgehead atoms. The fourth-order valence-corrected chi connectivity index (χ4v) is 4.05. The van der Waals surface area contributed by atoms with E-state index in [-0.39, 0.29) is 0 Å². The van der Waals surface area contributed by atoms with Gasteiger partial charge in [0.05, 0.1) is 0 Å². The smallest absolute Gasteiger partial charge is 0.0311 e. The van der Waals surface area contributed by atoms with E-state index in [0.29, 0.717) is 6.04 Å². The minimum Gasteiger partial charge on any atom is -0.316 e. The lowest BCUT2D eigenvalue weighted by atomic mass is 10.1. The zero-order valence-electron chi connectivity index (χ0n) is 10.2. The summed E-state index contributed by atoms with van der Waals surface area (Å²) in [4.78, 5) is 1.31. The molecule has 1 N–H and O–H groups in total. The largest absolute Gasteiger partial charge is 0.316 e. The Morgan fingerprint density at radius 3 is 2.83 bits per heavy atom. The standard InChI is InChI=1S/C14H16BrNS2/c1-16-12(8-11-6-7-17-9-11)10-18-14-5-3-2-4-13(14)15/h2-7,9,12,16H,8,10H2,1H3. The van der Waals surface area contributed by atoms with E-state index in [9.17, 15) is 0 Å². The van der Waals surface area contributed by atoms with Crippen LogP contribution in [0.25, 0.3) is 0 Å². The zero-order chi connectivity index (χ0) is 12.8. The van der Waals surface area contributed by atoms with Crippen LogP contribution in [0.3, 0.4) is 0 Å². The Hall–Kier alpha value is -0.290. The maximum Gasteiger partial charge on any atom is 0.0311 e. The van der Waals surface area contributed by atoms with Crippen molar-refractivity contribution in [3.63, 3.8) is 0 Å². The Morgan fingerprint density at radius 1 is 1.33 bits per heavy atom. The Labute approximate surface area is 125 Å². The molecule has 0 aliphatic carbocycles. The first-order chi connectivity index (χ1) is 8.79. The van der Waals surface area contributed by atoms with Gasteiger partial charge in [0.2, 0.25) is 0 Å². The number of hydrogen-bond acceptors (Lipinski definition) is 3. The summed E-state index contributed by atoms with van der Waals surface area (Å²) in [5.74, 6) is 1.08. The summed E-state index contributed by atoms with van der Waals surface area (Å²) in [5.41, 5.74) is 1.42. The van der Waals surface area contributed by atoms with Crippen molar-refractivity contribution in [1.29, 1.82) is 0 Å². The van der Waals surface area contributed by atoms with Crippen LogP contribution in [0.15, 0.2) is 50.5 Å². The van der Waals surface area contributed by atoms with E-state index >= 15 is 0 Å². The van der Waals surface area contributed by atoms with Crippen LogP contribution < -0.4 is 5.32 Å². The number of nitrogens with one attached hydrogen (secondary N) is 1. The molecule has 1 atom stereocenters. The number of likely N-dealkylation sites (N-methyl/N-ethyl adjacent to an activating group) is 1. The average Bonchev–Trinajstić information content (AvgIpc) is 2.89. The highest BCUT2D eigenvalue weighted by Gasteiger charge is 2.09. The molecule has 0 fully saturated rings. The predicted molar refractivity (Wildman–Crippen MR) is 85.7 cm³/mol. The molecule has 0 amide bonds. The SMILES string of the molecule is CNC(CSc1ccccc1Br)Cc1ccsc1. The molecule has 2 rings (SSSR count). The lowest BCUT2D eigenvalue weighted by Gasteiger charge is -2.15. The van der Waals surface area contributed by atoms with Gasteiger partial charge in [0, 0.05) is 21.2 Å². The molecule has 0 aliphatic heterocycles. The summed E-state index contributed by atoms with van der Waals surface area (Å²) in [6.45, 7) is 0. The van der Waals surface area contributed by atoms with Crippen LogP contribution in [0.4, 0.5) is 0 Å². The van der Waals surface area contributed by atoms with E-state index in [1.54, 1.807) is 11.3 Å². The minimum absolute atomic E-state index is 0.511. The molecular formula is C14H16BrNS2. The van der Waals surface area contributed by atoms with Crippen molar-refractivity contribution in [2.75, 3.05) is 12.8 Å². The highest BCUT2D eigenvalue weighted by atomic mass is 79.9. The maximum atomic E-state index is 3.59. The summed E-state index contributed by atoms with van der Waals surface area (Å²) in [5, 5.41) is 7.77. The minimum atomic E-state index is 0.511. The second-order valence-corrected chi connectivity index (χ2v) is 6.76. The highest BCUT2D eigenvalue weighted by Crippen LogP contribution is 2.27. The van der Waals surface area contributed by atoms with E-state index in [1.165, 1.54) is 14.9 Å². The van der Waals surface area contributed by atoms with Crippen molar-refractivity contribution in [3.8, 4) is 0 Å². The first-order valence-electron chi connectivity index (χ1n) is 5.85. The van der Waals surface area contributed by atoms with Gasteiger partial charge in [-0.2, -0.15) is 11.3 Å². The molecule has 1 unspecified atom stereocenters. The van der Waals surface area contributed by atoms with Gasteiger partial charge >= 0.3 is 0 Å². The quantitative estimate of drug-likeness (QED) is 0.780. The van der Waals surface area contributed by atoms with Crippen LogP contribution in [-0.4, -0.2) is 18.8 Å². The van der Waals surface area contributed by atoms with Gasteiger partial charge in [-0.25, -0.2) is 0 Å². The number of halogens is 1. The zero-order valence-corrected chi connectivity index (χ0v) is 13.4. The molecule has 1 nitrogen and oxygen atoms in total. The monoisotopic (exact) mass is 341 g/mol. The van der Waals surface area contributed by atoms with Crippen LogP contribution in [0.5, 0.6) is 0 Å². The molecule has 1 heterocycles. The number of rotatable bonds is 6. The molecule has 4 heteroatoms. The van der Waals surface area contributed by atoms with Gasteiger partial charge in [0.15, 0.2) is 0 Å². The summed E-state index contributed by atoms with van der Waals surface area (Å²) in [6.07, 6.45) is 1.09. The highest BCUT2D eigenvalue weighted by molar-refractivity contribution is 9.10. The lowest BCUT2D eigenvalue weighted by molar-refractivity contribution is 0.618. The summed E-state index contributed by atoms with van der Waals surface area (Å²) < 4.78 is 1.18. The van der Waals surface area contributed by atoms with Crippen LogP contribution in [-0.2, 0) is 6.42 Å². The van der Waals surface area contributed by atoms with E-state index in [2.05, 4.69) is 62.3 Å². The fraction of sp³-hybridized carbons (Fsp3) is 0.286. The van der Waals surface area contributed by atoms with Gasteiger partial charge in [0.25, 0.3) is 0 Å². The van der Waals surface area contributed by atoms with E-state index in [1.807, 2.05) is 18.8 Å². The topological polar surface area (TPSA) is 12.0 Å². The Balaban J connectivity index is 1.89. The number of thioether (sulfide) groups is 1. The van der Waals surface area contributed by atoms with Crippen LogP contribution >= 0.6 is 39.0 Å². The molecule has 1 aromatic heterocycles. The molecule has 96 valence electrons.